The molecule has 4 heteroatoms. The van der Waals surface area contributed by atoms with Gasteiger partial charge < -0.3 is 5.32 Å². The van der Waals surface area contributed by atoms with Crippen LogP contribution in [-0.4, -0.2) is 15.5 Å². The number of nitrogens with one attached hydrogen (secondary N) is 1. The predicted octanol–water partition coefficient (Wildman–Crippen LogP) is 3.91. The van der Waals surface area contributed by atoms with Crippen LogP contribution < -0.4 is 5.32 Å². The summed E-state index contributed by atoms with van der Waals surface area (Å²) in [4.78, 5) is 9.20. The van der Waals surface area contributed by atoms with E-state index in [0.717, 1.165) is 27.0 Å². The lowest BCUT2D eigenvalue weighted by molar-refractivity contribution is 0.629. The Morgan fingerprint density at radius 1 is 1.18 bits per heavy atom. The largest absolute Gasteiger partial charge is 0.364 e. The minimum atomic E-state index is -0.0195. The number of nitrogens with zero attached hydrogens (tertiary/aromatic N) is 2. The molecule has 17 heavy (non-hydrogen) atoms. The summed E-state index contributed by atoms with van der Waals surface area (Å²) in [6, 6.07) is 5.92. The van der Waals surface area contributed by atoms with Gasteiger partial charge in [-0.25, -0.2) is 9.97 Å². The maximum absolute atomic E-state index is 4.64. The van der Waals surface area contributed by atoms with Gasteiger partial charge in [0.05, 0.1) is 11.2 Å². The fourth-order valence-electron chi connectivity index (χ4n) is 1.60. The number of anilines is 1. The van der Waals surface area contributed by atoms with E-state index in [1.165, 1.54) is 0 Å². The monoisotopic (exact) mass is 293 g/mol. The van der Waals surface area contributed by atoms with E-state index in [1.807, 2.05) is 25.1 Å². The molecule has 1 aromatic carbocycles. The van der Waals surface area contributed by atoms with Crippen LogP contribution in [0.5, 0.6) is 0 Å². The van der Waals surface area contributed by atoms with E-state index in [0.29, 0.717) is 0 Å². The van der Waals surface area contributed by atoms with Crippen LogP contribution in [0.4, 0.5) is 5.82 Å². The van der Waals surface area contributed by atoms with Gasteiger partial charge in [0.15, 0.2) is 0 Å². The molecule has 0 spiro atoms. The molecule has 1 N–H and O–H groups in total. The van der Waals surface area contributed by atoms with E-state index in [2.05, 4.69) is 52.0 Å². The molecule has 3 nitrogen and oxygen atoms in total. The van der Waals surface area contributed by atoms with Gasteiger partial charge in [-0.2, -0.15) is 0 Å². The number of fused-ring (bicyclic) bond motifs is 1. The second-order valence-corrected chi connectivity index (χ2v) is 5.99. The van der Waals surface area contributed by atoms with Crippen LogP contribution in [0.2, 0.25) is 0 Å². The third-order valence-corrected chi connectivity index (χ3v) is 2.95. The number of aromatic nitrogens is 2. The summed E-state index contributed by atoms with van der Waals surface area (Å²) in [5.74, 6) is 0.844. The molecule has 1 aromatic heterocycles. The lowest BCUT2D eigenvalue weighted by atomic mass is 10.1. The zero-order valence-electron chi connectivity index (χ0n) is 10.5. The van der Waals surface area contributed by atoms with Crippen LogP contribution >= 0.6 is 15.9 Å². The molecule has 0 aliphatic carbocycles. The highest BCUT2D eigenvalue weighted by atomic mass is 79.9. The first-order valence-electron chi connectivity index (χ1n) is 5.58. The minimum Gasteiger partial charge on any atom is -0.364 e. The molecule has 0 unspecified atom stereocenters. The van der Waals surface area contributed by atoms with Crippen molar-refractivity contribution in [3.05, 3.63) is 28.4 Å². The maximum Gasteiger partial charge on any atom is 0.148 e. The Hall–Kier alpha value is -1.16. The van der Waals surface area contributed by atoms with Crippen molar-refractivity contribution in [1.29, 1.82) is 0 Å². The predicted molar refractivity (Wildman–Crippen MR) is 75.4 cm³/mol. The van der Waals surface area contributed by atoms with Gasteiger partial charge in [-0.1, -0.05) is 6.07 Å². The molecule has 0 aliphatic heterocycles. The summed E-state index contributed by atoms with van der Waals surface area (Å²) in [6.45, 7) is 8.30. The van der Waals surface area contributed by atoms with Gasteiger partial charge in [0.1, 0.15) is 11.3 Å². The summed E-state index contributed by atoms with van der Waals surface area (Å²) >= 11 is 3.50. The molecular weight excluding hydrogens is 278 g/mol. The Labute approximate surface area is 110 Å². The molecule has 0 radical (unpaired) electrons. The highest BCUT2D eigenvalue weighted by Gasteiger charge is 2.14. The second kappa shape index (κ2) is 4.26. The number of hydrogen-bond donors (Lipinski definition) is 1. The molecule has 0 amide bonds. The van der Waals surface area contributed by atoms with Crippen molar-refractivity contribution in [2.24, 2.45) is 0 Å². The number of halogens is 1. The van der Waals surface area contributed by atoms with E-state index >= 15 is 0 Å². The van der Waals surface area contributed by atoms with Crippen molar-refractivity contribution in [3.8, 4) is 0 Å². The molecule has 0 atom stereocenters. The molecule has 90 valence electrons. The van der Waals surface area contributed by atoms with Gasteiger partial charge >= 0.3 is 0 Å². The highest BCUT2D eigenvalue weighted by Crippen LogP contribution is 2.24. The first-order valence-corrected chi connectivity index (χ1v) is 6.37. The number of hydrogen-bond acceptors (Lipinski definition) is 3. The molecular formula is C13H16BrN3. The van der Waals surface area contributed by atoms with E-state index < -0.39 is 0 Å². The molecule has 0 saturated heterocycles. The zero-order valence-corrected chi connectivity index (χ0v) is 12.1. The van der Waals surface area contributed by atoms with Crippen LogP contribution in [0.25, 0.3) is 11.0 Å². The lowest BCUT2D eigenvalue weighted by Gasteiger charge is -2.22. The first-order chi connectivity index (χ1) is 7.87. The number of para-hydroxylation sites is 1. The summed E-state index contributed by atoms with van der Waals surface area (Å²) in [7, 11) is 0. The average molecular weight is 294 g/mol. The molecule has 0 saturated carbocycles. The van der Waals surface area contributed by atoms with E-state index in [1.54, 1.807) is 0 Å². The first kappa shape index (κ1) is 12.3. The Bertz CT molecular complexity index is 558. The van der Waals surface area contributed by atoms with Crippen molar-refractivity contribution in [1.82, 2.24) is 9.97 Å². The van der Waals surface area contributed by atoms with Crippen molar-refractivity contribution in [2.75, 3.05) is 5.32 Å². The van der Waals surface area contributed by atoms with Gasteiger partial charge in [-0.15, -0.1) is 0 Å². The Morgan fingerprint density at radius 2 is 1.88 bits per heavy atom. The van der Waals surface area contributed by atoms with Crippen molar-refractivity contribution < 1.29 is 0 Å². The van der Waals surface area contributed by atoms with Crippen molar-refractivity contribution >= 4 is 32.8 Å². The fourth-order valence-corrected chi connectivity index (χ4v) is 2.05. The van der Waals surface area contributed by atoms with Gasteiger partial charge in [-0.3, -0.25) is 0 Å². The molecule has 0 aliphatic rings. The molecule has 1 heterocycles. The standard InChI is InChI=1S/C13H16BrN3/c1-8-12(17-13(2,3)4)16-11-9(14)6-5-7-10(11)15-8/h5-7H,1-4H3,(H,16,17). The number of benzene rings is 1. The van der Waals surface area contributed by atoms with Gasteiger partial charge in [-0.05, 0) is 55.8 Å². The molecule has 0 bridgehead atoms. The van der Waals surface area contributed by atoms with Crippen molar-refractivity contribution in [3.63, 3.8) is 0 Å². The average Bonchev–Trinajstić information content (AvgIpc) is 2.18. The summed E-state index contributed by atoms with van der Waals surface area (Å²) < 4.78 is 0.972. The zero-order chi connectivity index (χ0) is 12.6. The normalized spacial score (nSPS) is 11.8. The topological polar surface area (TPSA) is 37.8 Å². The lowest BCUT2D eigenvalue weighted by Crippen LogP contribution is -2.27. The molecule has 0 fully saturated rings. The van der Waals surface area contributed by atoms with Gasteiger partial charge in [0, 0.05) is 10.0 Å². The fraction of sp³-hybridized carbons (Fsp3) is 0.385. The number of aryl methyl sites for hydroxylation is 1. The summed E-state index contributed by atoms with van der Waals surface area (Å²) in [5, 5.41) is 3.37. The third-order valence-electron chi connectivity index (χ3n) is 2.31. The SMILES string of the molecule is Cc1nc2cccc(Br)c2nc1NC(C)(C)C. The molecule has 2 rings (SSSR count). The summed E-state index contributed by atoms with van der Waals surface area (Å²) in [6.07, 6.45) is 0. The van der Waals surface area contributed by atoms with Crippen LogP contribution in [0, 0.1) is 6.92 Å². The van der Waals surface area contributed by atoms with Crippen molar-refractivity contribution in [2.45, 2.75) is 33.2 Å². The number of rotatable bonds is 1. The van der Waals surface area contributed by atoms with Gasteiger partial charge in [0.25, 0.3) is 0 Å². The second-order valence-electron chi connectivity index (χ2n) is 5.14. The Balaban J connectivity index is 2.58. The third kappa shape index (κ3) is 2.75. The maximum atomic E-state index is 4.64. The quantitative estimate of drug-likeness (QED) is 0.866. The summed E-state index contributed by atoms with van der Waals surface area (Å²) in [5.41, 5.74) is 2.71. The Morgan fingerprint density at radius 3 is 2.53 bits per heavy atom. The smallest absolute Gasteiger partial charge is 0.148 e. The van der Waals surface area contributed by atoms with Gasteiger partial charge in [0.2, 0.25) is 0 Å². The van der Waals surface area contributed by atoms with Crippen LogP contribution in [0.3, 0.4) is 0 Å². The highest BCUT2D eigenvalue weighted by molar-refractivity contribution is 9.10. The van der Waals surface area contributed by atoms with Crippen LogP contribution in [-0.2, 0) is 0 Å². The Kier molecular flexibility index (Phi) is 3.08. The molecule has 2 aromatic rings. The van der Waals surface area contributed by atoms with E-state index in [-0.39, 0.29) is 5.54 Å². The van der Waals surface area contributed by atoms with E-state index in [9.17, 15) is 0 Å². The van der Waals surface area contributed by atoms with E-state index in [4.69, 9.17) is 0 Å². The van der Waals surface area contributed by atoms with Crippen LogP contribution in [0.15, 0.2) is 22.7 Å². The van der Waals surface area contributed by atoms with Crippen LogP contribution in [0.1, 0.15) is 26.5 Å². The minimum absolute atomic E-state index is 0.0195.